The number of hydrogen-bond donors (Lipinski definition) is 2. The van der Waals surface area contributed by atoms with Gasteiger partial charge in [-0.25, -0.2) is 0 Å². The molecule has 0 bridgehead atoms. The second-order valence-corrected chi connectivity index (χ2v) is 4.55. The molecule has 3 nitrogen and oxygen atoms in total. The molecule has 2 N–H and O–H groups in total. The van der Waals surface area contributed by atoms with E-state index in [2.05, 4.69) is 5.32 Å². The van der Waals surface area contributed by atoms with Crippen LogP contribution in [0.3, 0.4) is 0 Å². The summed E-state index contributed by atoms with van der Waals surface area (Å²) in [5, 5.41) is 14.0. The van der Waals surface area contributed by atoms with E-state index < -0.39 is 6.10 Å². The number of ether oxygens (including phenoxy) is 1. The molecule has 1 unspecified atom stereocenters. The lowest BCUT2D eigenvalue weighted by atomic mass is 10.0. The summed E-state index contributed by atoms with van der Waals surface area (Å²) >= 11 is 11.8. The van der Waals surface area contributed by atoms with Crippen LogP contribution in [0.2, 0.25) is 10.0 Å². The van der Waals surface area contributed by atoms with Gasteiger partial charge in [0.15, 0.2) is 0 Å². The number of halogens is 2. The highest BCUT2D eigenvalue weighted by Crippen LogP contribution is 2.29. The van der Waals surface area contributed by atoms with Crippen LogP contribution >= 0.6 is 23.2 Å². The topological polar surface area (TPSA) is 41.5 Å². The van der Waals surface area contributed by atoms with Gasteiger partial charge in [0, 0.05) is 13.1 Å². The van der Waals surface area contributed by atoms with Crippen molar-refractivity contribution in [1.29, 1.82) is 0 Å². The van der Waals surface area contributed by atoms with Gasteiger partial charge in [0.25, 0.3) is 0 Å². The van der Waals surface area contributed by atoms with Gasteiger partial charge in [0.2, 0.25) is 0 Å². The average Bonchev–Trinajstić information content (AvgIpc) is 2.47. The van der Waals surface area contributed by atoms with Crippen LogP contribution in [0.1, 0.15) is 11.7 Å². The van der Waals surface area contributed by atoms with E-state index in [1.807, 2.05) is 6.07 Å². The number of aliphatic hydroxyl groups is 1. The van der Waals surface area contributed by atoms with Crippen LogP contribution in [-0.2, 0) is 4.74 Å². The minimum absolute atomic E-state index is 0.343. The molecule has 88 valence electrons. The fourth-order valence-corrected chi connectivity index (χ4v) is 2.04. The molecular weight excluding hydrogens is 249 g/mol. The second-order valence-electron chi connectivity index (χ2n) is 3.74. The normalized spacial score (nSPS) is 26.4. The standard InChI is InChI=1S/C11H13Cl2NO2/c12-8-2-1-7(5-9(8)13)11-10(15)6-14-3-4-16-11/h1-2,5,10-11,14-15H,3-4,6H2/t10-,11?/m0/s1. The number of rotatable bonds is 1. The largest absolute Gasteiger partial charge is 0.389 e. The van der Waals surface area contributed by atoms with Crippen LogP contribution < -0.4 is 5.32 Å². The Labute approximate surface area is 104 Å². The molecule has 0 spiro atoms. The summed E-state index contributed by atoms with van der Waals surface area (Å²) < 4.78 is 5.58. The number of hydrogen-bond acceptors (Lipinski definition) is 3. The Kier molecular flexibility index (Phi) is 4.05. The fraction of sp³-hybridized carbons (Fsp3) is 0.455. The molecule has 1 saturated heterocycles. The van der Waals surface area contributed by atoms with Crippen molar-refractivity contribution in [1.82, 2.24) is 5.32 Å². The Morgan fingerprint density at radius 2 is 2.12 bits per heavy atom. The number of nitrogens with one attached hydrogen (secondary N) is 1. The summed E-state index contributed by atoms with van der Waals surface area (Å²) in [6.45, 7) is 1.84. The van der Waals surface area contributed by atoms with Crippen LogP contribution in [0.15, 0.2) is 18.2 Å². The van der Waals surface area contributed by atoms with Crippen molar-refractivity contribution >= 4 is 23.2 Å². The monoisotopic (exact) mass is 261 g/mol. The maximum atomic E-state index is 9.90. The highest BCUT2D eigenvalue weighted by Gasteiger charge is 2.24. The Morgan fingerprint density at radius 3 is 2.88 bits per heavy atom. The average molecular weight is 262 g/mol. The van der Waals surface area contributed by atoms with E-state index in [1.165, 1.54) is 0 Å². The molecule has 16 heavy (non-hydrogen) atoms. The van der Waals surface area contributed by atoms with Gasteiger partial charge < -0.3 is 15.2 Å². The molecule has 2 rings (SSSR count). The summed E-state index contributed by atoms with van der Waals surface area (Å²) in [4.78, 5) is 0. The minimum atomic E-state index is -0.570. The fourth-order valence-electron chi connectivity index (χ4n) is 1.73. The number of β-amino-alcohol motifs (C(OH)–C–C–N with tert-alkyl or cyclic N) is 1. The van der Waals surface area contributed by atoms with Gasteiger partial charge in [0.1, 0.15) is 6.10 Å². The summed E-state index contributed by atoms with van der Waals surface area (Å²) in [5.41, 5.74) is 0.852. The van der Waals surface area contributed by atoms with Crippen molar-refractivity contribution in [3.63, 3.8) is 0 Å². The van der Waals surface area contributed by atoms with E-state index in [0.717, 1.165) is 12.1 Å². The molecule has 0 amide bonds. The van der Waals surface area contributed by atoms with Crippen molar-refractivity contribution in [2.45, 2.75) is 12.2 Å². The first-order valence-electron chi connectivity index (χ1n) is 5.14. The molecule has 0 radical (unpaired) electrons. The summed E-state index contributed by atoms with van der Waals surface area (Å²) in [7, 11) is 0. The molecule has 0 aliphatic carbocycles. The predicted octanol–water partition coefficient (Wildman–Crippen LogP) is 2.02. The Hall–Kier alpha value is -0.320. The Bertz CT molecular complexity index is 373. The molecule has 1 aliphatic rings. The van der Waals surface area contributed by atoms with Gasteiger partial charge in [-0.15, -0.1) is 0 Å². The smallest absolute Gasteiger partial charge is 0.110 e. The van der Waals surface area contributed by atoms with Crippen LogP contribution in [0.4, 0.5) is 0 Å². The molecule has 1 heterocycles. The van der Waals surface area contributed by atoms with E-state index in [-0.39, 0.29) is 6.10 Å². The highest BCUT2D eigenvalue weighted by molar-refractivity contribution is 6.42. The van der Waals surface area contributed by atoms with Crippen molar-refractivity contribution < 1.29 is 9.84 Å². The molecule has 2 atom stereocenters. The maximum absolute atomic E-state index is 9.90. The SMILES string of the molecule is O[C@H]1CNCCOC1c1ccc(Cl)c(Cl)c1. The van der Waals surface area contributed by atoms with Crippen LogP contribution in [0, 0.1) is 0 Å². The summed E-state index contributed by atoms with van der Waals surface area (Å²) in [6, 6.07) is 5.28. The zero-order valence-corrected chi connectivity index (χ0v) is 10.1. The third-order valence-corrected chi connectivity index (χ3v) is 3.29. The van der Waals surface area contributed by atoms with Gasteiger partial charge in [0.05, 0.1) is 22.8 Å². The van der Waals surface area contributed by atoms with Gasteiger partial charge in [-0.1, -0.05) is 29.3 Å². The third-order valence-electron chi connectivity index (χ3n) is 2.55. The molecule has 0 aromatic heterocycles. The third kappa shape index (κ3) is 2.67. The van der Waals surface area contributed by atoms with Crippen LogP contribution in [0.5, 0.6) is 0 Å². The lowest BCUT2D eigenvalue weighted by Crippen LogP contribution is -2.28. The first kappa shape index (κ1) is 12.1. The van der Waals surface area contributed by atoms with Crippen molar-refractivity contribution in [2.24, 2.45) is 0 Å². The van der Waals surface area contributed by atoms with E-state index >= 15 is 0 Å². The van der Waals surface area contributed by atoms with Gasteiger partial charge in [-0.2, -0.15) is 0 Å². The van der Waals surface area contributed by atoms with Crippen molar-refractivity contribution in [2.75, 3.05) is 19.7 Å². The molecule has 5 heteroatoms. The first-order chi connectivity index (χ1) is 7.68. The zero-order chi connectivity index (χ0) is 11.5. The van der Waals surface area contributed by atoms with E-state index in [9.17, 15) is 5.11 Å². The summed E-state index contributed by atoms with van der Waals surface area (Å²) in [6.07, 6.45) is -0.912. The van der Waals surface area contributed by atoms with E-state index in [1.54, 1.807) is 12.1 Å². The van der Waals surface area contributed by atoms with Gasteiger partial charge in [-0.3, -0.25) is 0 Å². The summed E-state index contributed by atoms with van der Waals surface area (Å²) in [5.74, 6) is 0. The Morgan fingerprint density at radius 1 is 1.31 bits per heavy atom. The van der Waals surface area contributed by atoms with Crippen molar-refractivity contribution in [3.8, 4) is 0 Å². The number of aliphatic hydroxyl groups excluding tert-OH is 1. The Balaban J connectivity index is 2.23. The first-order valence-corrected chi connectivity index (χ1v) is 5.89. The second kappa shape index (κ2) is 5.34. The van der Waals surface area contributed by atoms with Gasteiger partial charge in [-0.05, 0) is 17.7 Å². The molecular formula is C11H13Cl2NO2. The van der Waals surface area contributed by atoms with E-state index in [0.29, 0.717) is 23.2 Å². The molecule has 0 saturated carbocycles. The molecule has 1 aromatic rings. The van der Waals surface area contributed by atoms with Crippen LogP contribution in [0.25, 0.3) is 0 Å². The highest BCUT2D eigenvalue weighted by atomic mass is 35.5. The lowest BCUT2D eigenvalue weighted by molar-refractivity contribution is -0.0199. The lowest BCUT2D eigenvalue weighted by Gasteiger charge is -2.20. The molecule has 1 fully saturated rings. The zero-order valence-electron chi connectivity index (χ0n) is 8.62. The predicted molar refractivity (Wildman–Crippen MR) is 64.0 cm³/mol. The van der Waals surface area contributed by atoms with Crippen LogP contribution in [-0.4, -0.2) is 30.9 Å². The minimum Gasteiger partial charge on any atom is -0.389 e. The molecule has 1 aromatic carbocycles. The van der Waals surface area contributed by atoms with Gasteiger partial charge >= 0.3 is 0 Å². The number of benzene rings is 1. The molecule has 1 aliphatic heterocycles. The van der Waals surface area contributed by atoms with Crippen molar-refractivity contribution in [3.05, 3.63) is 33.8 Å². The quantitative estimate of drug-likeness (QED) is 0.813. The maximum Gasteiger partial charge on any atom is 0.110 e. The van der Waals surface area contributed by atoms with E-state index in [4.69, 9.17) is 27.9 Å².